The molecule has 0 saturated carbocycles. The van der Waals surface area contributed by atoms with Crippen LogP contribution >= 0.6 is 0 Å². The van der Waals surface area contributed by atoms with Gasteiger partial charge in [0.15, 0.2) is 17.2 Å². The van der Waals surface area contributed by atoms with Gasteiger partial charge in [-0.1, -0.05) is 13.8 Å². The lowest BCUT2D eigenvalue weighted by atomic mass is 9.86. The van der Waals surface area contributed by atoms with E-state index in [0.29, 0.717) is 0 Å². The fourth-order valence-corrected chi connectivity index (χ4v) is 2.11. The number of benzene rings is 1. The van der Waals surface area contributed by atoms with Crippen LogP contribution in [-0.4, -0.2) is 53.0 Å². The summed E-state index contributed by atoms with van der Waals surface area (Å²) in [5.74, 6) is -5.87. The van der Waals surface area contributed by atoms with E-state index < -0.39 is 53.1 Å². The molecular weight excluding hydrogens is 336 g/mol. The van der Waals surface area contributed by atoms with Gasteiger partial charge in [0.1, 0.15) is 0 Å². The number of aromatic hydroxyl groups is 3. The van der Waals surface area contributed by atoms with E-state index in [1.54, 1.807) is 13.8 Å². The number of hydrogen-bond donors (Lipinski definition) is 3. The van der Waals surface area contributed by atoms with E-state index >= 15 is 0 Å². The fraction of sp³-hybridized carbons (Fsp3) is 0.438. The maximum atomic E-state index is 12.4. The van der Waals surface area contributed by atoms with Crippen LogP contribution < -0.4 is 0 Å². The lowest BCUT2D eigenvalue weighted by Crippen LogP contribution is -2.50. The van der Waals surface area contributed by atoms with Gasteiger partial charge in [-0.25, -0.2) is 9.59 Å². The molecule has 0 amide bonds. The predicted molar refractivity (Wildman–Crippen MR) is 83.1 cm³/mol. The highest BCUT2D eigenvalue weighted by Gasteiger charge is 2.49. The van der Waals surface area contributed by atoms with Crippen molar-refractivity contribution in [3.05, 3.63) is 17.7 Å². The molecule has 0 unspecified atom stereocenters. The summed E-state index contributed by atoms with van der Waals surface area (Å²) in [4.78, 5) is 36.3. The highest BCUT2D eigenvalue weighted by atomic mass is 16.6. The Morgan fingerprint density at radius 3 is 1.96 bits per heavy atom. The average molecular weight is 356 g/mol. The van der Waals surface area contributed by atoms with Gasteiger partial charge in [0.05, 0.1) is 26.2 Å². The van der Waals surface area contributed by atoms with Crippen LogP contribution in [0.5, 0.6) is 17.2 Å². The van der Waals surface area contributed by atoms with E-state index in [1.165, 1.54) is 0 Å². The largest absolute Gasteiger partial charge is 0.504 e. The number of hydrogen-bond acceptors (Lipinski definition) is 9. The zero-order valence-electron chi connectivity index (χ0n) is 14.2. The summed E-state index contributed by atoms with van der Waals surface area (Å²) in [5, 5.41) is 28.3. The summed E-state index contributed by atoms with van der Waals surface area (Å²) >= 11 is 0. The van der Waals surface area contributed by atoms with Crippen molar-refractivity contribution in [1.29, 1.82) is 0 Å². The third-order valence-electron chi connectivity index (χ3n) is 3.68. The summed E-state index contributed by atoms with van der Waals surface area (Å²) in [6.45, 7) is 3.08. The minimum atomic E-state index is -1.97. The van der Waals surface area contributed by atoms with Crippen molar-refractivity contribution in [3.8, 4) is 17.2 Å². The van der Waals surface area contributed by atoms with Gasteiger partial charge >= 0.3 is 17.9 Å². The molecule has 1 aromatic carbocycles. The smallest absolute Gasteiger partial charge is 0.351 e. The molecule has 3 N–H and O–H groups in total. The van der Waals surface area contributed by atoms with E-state index in [4.69, 9.17) is 4.74 Å². The monoisotopic (exact) mass is 356 g/mol. The van der Waals surface area contributed by atoms with Gasteiger partial charge in [0.2, 0.25) is 5.60 Å². The molecule has 9 heteroatoms. The molecule has 1 atom stereocenters. The molecule has 0 aliphatic heterocycles. The molecule has 9 nitrogen and oxygen atoms in total. The second kappa shape index (κ2) is 7.73. The van der Waals surface area contributed by atoms with E-state index in [1.807, 2.05) is 0 Å². The van der Waals surface area contributed by atoms with Crippen molar-refractivity contribution in [2.24, 2.45) is 5.92 Å². The molecule has 0 aliphatic carbocycles. The van der Waals surface area contributed by atoms with Crippen LogP contribution in [0.4, 0.5) is 0 Å². The Hall–Kier alpha value is -2.97. The lowest BCUT2D eigenvalue weighted by Gasteiger charge is -2.33. The summed E-state index contributed by atoms with van der Waals surface area (Å²) in [6.07, 6.45) is -0.588. The van der Waals surface area contributed by atoms with Gasteiger partial charge in [0, 0.05) is 5.92 Å². The number of phenolic OH excluding ortho intramolecular Hbond substituents is 3. The molecule has 1 rings (SSSR count). The van der Waals surface area contributed by atoms with Crippen molar-refractivity contribution in [2.45, 2.75) is 25.9 Å². The number of carbonyl (C=O) groups excluding carboxylic acids is 3. The van der Waals surface area contributed by atoms with Crippen LogP contribution in [0.1, 0.15) is 30.6 Å². The fourth-order valence-electron chi connectivity index (χ4n) is 2.11. The van der Waals surface area contributed by atoms with Crippen LogP contribution in [0, 0.1) is 5.92 Å². The van der Waals surface area contributed by atoms with Gasteiger partial charge in [0.25, 0.3) is 0 Å². The van der Waals surface area contributed by atoms with Gasteiger partial charge in [-0.3, -0.25) is 4.79 Å². The molecule has 1 aromatic rings. The third-order valence-corrected chi connectivity index (χ3v) is 3.68. The molecular formula is C16H20O9. The highest BCUT2D eigenvalue weighted by Crippen LogP contribution is 2.37. The van der Waals surface area contributed by atoms with Crippen molar-refractivity contribution in [3.63, 3.8) is 0 Å². The third kappa shape index (κ3) is 4.11. The van der Waals surface area contributed by atoms with Gasteiger partial charge in [-0.05, 0) is 12.1 Å². The molecule has 25 heavy (non-hydrogen) atoms. The molecule has 0 saturated heterocycles. The summed E-state index contributed by atoms with van der Waals surface area (Å²) in [5.41, 5.74) is -2.31. The van der Waals surface area contributed by atoms with E-state index in [9.17, 15) is 29.7 Å². The van der Waals surface area contributed by atoms with Gasteiger partial charge in [-0.15, -0.1) is 0 Å². The van der Waals surface area contributed by atoms with E-state index in [2.05, 4.69) is 9.47 Å². The molecule has 0 radical (unpaired) electrons. The molecule has 0 aliphatic rings. The molecule has 138 valence electrons. The average Bonchev–Trinajstić information content (AvgIpc) is 2.57. The van der Waals surface area contributed by atoms with Crippen LogP contribution in [-0.2, 0) is 23.8 Å². The molecule has 0 aromatic heterocycles. The number of carbonyl (C=O) groups is 3. The minimum absolute atomic E-state index is 0.341. The summed E-state index contributed by atoms with van der Waals surface area (Å²) < 4.78 is 14.4. The number of phenols is 3. The van der Waals surface area contributed by atoms with Crippen molar-refractivity contribution < 1.29 is 43.9 Å². The number of ether oxygens (including phenoxy) is 3. The minimum Gasteiger partial charge on any atom is -0.504 e. The van der Waals surface area contributed by atoms with Gasteiger partial charge in [-0.2, -0.15) is 0 Å². The Bertz CT molecular complexity index is 657. The molecule has 0 bridgehead atoms. The first-order valence-electron chi connectivity index (χ1n) is 7.22. The van der Waals surface area contributed by atoms with E-state index in [0.717, 1.165) is 26.4 Å². The van der Waals surface area contributed by atoms with Crippen molar-refractivity contribution in [2.75, 3.05) is 14.2 Å². The summed E-state index contributed by atoms with van der Waals surface area (Å²) in [7, 11) is 2.19. The van der Waals surface area contributed by atoms with Crippen LogP contribution in [0.25, 0.3) is 0 Å². The molecule has 0 fully saturated rings. The Labute approximate surface area is 143 Å². The molecule has 0 spiro atoms. The second-order valence-electron chi connectivity index (χ2n) is 5.54. The van der Waals surface area contributed by atoms with Crippen LogP contribution in [0.15, 0.2) is 12.1 Å². The zero-order valence-corrected chi connectivity index (χ0v) is 14.2. The predicted octanol–water partition coefficient (Wildman–Crippen LogP) is 1.09. The first kappa shape index (κ1) is 20.1. The zero-order chi connectivity index (χ0) is 19.4. The molecule has 0 heterocycles. The maximum Gasteiger partial charge on any atom is 0.351 e. The topological polar surface area (TPSA) is 140 Å². The Balaban J connectivity index is 3.30. The number of esters is 3. The Morgan fingerprint density at radius 1 is 1.04 bits per heavy atom. The quantitative estimate of drug-likeness (QED) is 0.388. The first-order valence-corrected chi connectivity index (χ1v) is 7.22. The normalized spacial score (nSPS) is 13.0. The SMILES string of the molecule is COC(=O)C[C@@](OC(=O)c1cc(O)c(O)c(O)c1)(C(=O)OC)C(C)C. The van der Waals surface area contributed by atoms with Crippen LogP contribution in [0.3, 0.4) is 0 Å². The first-order chi connectivity index (χ1) is 11.6. The Kier molecular flexibility index (Phi) is 6.21. The standard InChI is InChI=1S/C16H20O9/c1-8(2)16(15(22)24-4,7-12(19)23-3)25-14(21)9-5-10(17)13(20)11(18)6-9/h5-6,8,17-18,20H,7H2,1-4H3/t16-/m0/s1. The Morgan fingerprint density at radius 2 is 1.56 bits per heavy atom. The number of rotatable bonds is 6. The van der Waals surface area contributed by atoms with Gasteiger partial charge < -0.3 is 29.5 Å². The summed E-state index contributed by atoms with van der Waals surface area (Å²) in [6, 6.07) is 1.69. The highest BCUT2D eigenvalue weighted by molar-refractivity contribution is 5.95. The van der Waals surface area contributed by atoms with E-state index in [-0.39, 0.29) is 5.56 Å². The second-order valence-corrected chi connectivity index (χ2v) is 5.54. The van der Waals surface area contributed by atoms with Crippen molar-refractivity contribution >= 4 is 17.9 Å². The maximum absolute atomic E-state index is 12.4. The number of methoxy groups -OCH3 is 2. The van der Waals surface area contributed by atoms with Crippen LogP contribution in [0.2, 0.25) is 0 Å². The van der Waals surface area contributed by atoms with Crippen molar-refractivity contribution in [1.82, 2.24) is 0 Å². The lowest BCUT2D eigenvalue weighted by molar-refractivity contribution is -0.175.